The monoisotopic (exact) mass is 387 g/mol. The number of fused-ring (bicyclic) bond motifs is 1. The predicted molar refractivity (Wildman–Crippen MR) is 108 cm³/mol. The molecular weight excluding hydrogens is 358 g/mol. The van der Waals surface area contributed by atoms with Crippen molar-refractivity contribution in [2.75, 3.05) is 6.54 Å². The van der Waals surface area contributed by atoms with Crippen LogP contribution in [0.4, 0.5) is 0 Å². The lowest BCUT2D eigenvalue weighted by Crippen LogP contribution is -2.40. The number of imidazole rings is 1. The molecular formula is C21H29N3O4. The van der Waals surface area contributed by atoms with E-state index >= 15 is 0 Å². The van der Waals surface area contributed by atoms with Crippen molar-refractivity contribution in [3.8, 4) is 0 Å². The Morgan fingerprint density at radius 3 is 2.57 bits per heavy atom. The Balaban J connectivity index is 2.16. The molecule has 152 valence electrons. The van der Waals surface area contributed by atoms with Gasteiger partial charge in [0.2, 0.25) is 5.91 Å². The molecule has 7 nitrogen and oxygen atoms in total. The number of carboxylic acid groups (broad SMARTS) is 1. The third kappa shape index (κ3) is 3.51. The lowest BCUT2D eigenvalue weighted by atomic mass is 9.69. The van der Waals surface area contributed by atoms with Crippen molar-refractivity contribution in [1.82, 2.24) is 9.13 Å². The molecule has 28 heavy (non-hydrogen) atoms. The van der Waals surface area contributed by atoms with Crippen molar-refractivity contribution < 1.29 is 14.7 Å². The fraction of sp³-hybridized carbons (Fsp3) is 0.571. The highest BCUT2D eigenvalue weighted by atomic mass is 16.4. The van der Waals surface area contributed by atoms with Crippen molar-refractivity contribution in [1.29, 1.82) is 0 Å². The molecule has 1 unspecified atom stereocenters. The molecule has 1 fully saturated rings. The minimum Gasteiger partial charge on any atom is -0.478 e. The highest BCUT2D eigenvalue weighted by molar-refractivity contribution is 5.96. The summed E-state index contributed by atoms with van der Waals surface area (Å²) in [5.41, 5.74) is 6.19. The van der Waals surface area contributed by atoms with Crippen molar-refractivity contribution in [3.63, 3.8) is 0 Å². The molecule has 0 bridgehead atoms. The van der Waals surface area contributed by atoms with E-state index in [9.17, 15) is 19.5 Å². The van der Waals surface area contributed by atoms with E-state index in [1.54, 1.807) is 6.07 Å². The molecule has 1 heterocycles. The molecule has 0 aliphatic heterocycles. The van der Waals surface area contributed by atoms with Crippen molar-refractivity contribution in [2.24, 2.45) is 29.4 Å². The first kappa shape index (κ1) is 20.3. The molecule has 3 atom stereocenters. The third-order valence-electron chi connectivity index (χ3n) is 6.09. The fourth-order valence-electron chi connectivity index (χ4n) is 4.60. The number of carbonyl (C=O) groups is 2. The molecule has 0 amide bonds. The number of aromatic carboxylic acids is 1. The summed E-state index contributed by atoms with van der Waals surface area (Å²) < 4.78 is 2.66. The van der Waals surface area contributed by atoms with Gasteiger partial charge >= 0.3 is 11.7 Å². The molecule has 0 radical (unpaired) electrons. The van der Waals surface area contributed by atoms with Crippen molar-refractivity contribution >= 4 is 22.9 Å². The third-order valence-corrected chi connectivity index (χ3v) is 6.09. The number of carbonyl (C=O) groups excluding carboxylic acids is 1. The summed E-state index contributed by atoms with van der Waals surface area (Å²) in [6.07, 6.45) is 2.85. The maximum absolute atomic E-state index is 13.5. The Bertz CT molecular complexity index is 956. The van der Waals surface area contributed by atoms with E-state index in [1.807, 2.05) is 0 Å². The van der Waals surface area contributed by atoms with Crippen LogP contribution in [0.25, 0.3) is 11.0 Å². The Labute approximate surface area is 164 Å². The number of hydrogen-bond acceptors (Lipinski definition) is 4. The largest absolute Gasteiger partial charge is 0.478 e. The van der Waals surface area contributed by atoms with E-state index in [0.717, 1.165) is 19.3 Å². The van der Waals surface area contributed by atoms with E-state index in [0.29, 0.717) is 22.9 Å². The van der Waals surface area contributed by atoms with Gasteiger partial charge in [-0.05, 0) is 48.8 Å². The zero-order valence-corrected chi connectivity index (χ0v) is 16.7. The first-order valence-corrected chi connectivity index (χ1v) is 9.99. The smallest absolute Gasteiger partial charge is 0.336 e. The molecule has 0 spiro atoms. The predicted octanol–water partition coefficient (Wildman–Crippen LogP) is 2.81. The minimum absolute atomic E-state index is 0.0780. The summed E-state index contributed by atoms with van der Waals surface area (Å²) in [5.74, 6) is -0.434. The van der Waals surface area contributed by atoms with Crippen LogP contribution in [0.1, 0.15) is 55.2 Å². The number of nitrogens with zero attached hydrogens (tertiary/aromatic N) is 2. The van der Waals surface area contributed by atoms with Gasteiger partial charge in [0, 0.05) is 19.0 Å². The summed E-state index contributed by atoms with van der Waals surface area (Å²) in [7, 11) is 0. The second kappa shape index (κ2) is 7.91. The Kier molecular flexibility index (Phi) is 5.74. The van der Waals surface area contributed by atoms with E-state index in [4.69, 9.17) is 5.73 Å². The van der Waals surface area contributed by atoms with Crippen LogP contribution in [-0.4, -0.2) is 32.7 Å². The van der Waals surface area contributed by atoms with Gasteiger partial charge in [0.25, 0.3) is 0 Å². The van der Waals surface area contributed by atoms with Crippen LogP contribution in [0, 0.1) is 23.7 Å². The summed E-state index contributed by atoms with van der Waals surface area (Å²) in [6, 6.07) is 4.44. The number of carboxylic acids is 1. The molecule has 1 saturated carbocycles. The number of hydrogen-bond donors (Lipinski definition) is 2. The Hall–Kier alpha value is -2.41. The maximum atomic E-state index is 13.5. The van der Waals surface area contributed by atoms with Crippen LogP contribution in [-0.2, 0) is 6.54 Å². The van der Waals surface area contributed by atoms with Crippen LogP contribution >= 0.6 is 0 Å². The van der Waals surface area contributed by atoms with Gasteiger partial charge in [-0.1, -0.05) is 27.2 Å². The van der Waals surface area contributed by atoms with Crippen LogP contribution in [0.15, 0.2) is 23.0 Å². The molecule has 1 aliphatic carbocycles. The lowest BCUT2D eigenvalue weighted by Gasteiger charge is -2.36. The average molecular weight is 387 g/mol. The second-order valence-electron chi connectivity index (χ2n) is 8.34. The van der Waals surface area contributed by atoms with Gasteiger partial charge in [0.05, 0.1) is 16.6 Å². The number of aromatic nitrogens is 2. The van der Waals surface area contributed by atoms with Gasteiger partial charge in [-0.15, -0.1) is 0 Å². The topological polar surface area (TPSA) is 107 Å². The number of rotatable bonds is 5. The van der Waals surface area contributed by atoms with Crippen LogP contribution in [0.2, 0.25) is 0 Å². The van der Waals surface area contributed by atoms with Gasteiger partial charge in [-0.3, -0.25) is 9.36 Å². The molecule has 1 aliphatic rings. The molecule has 3 N–H and O–H groups in total. The van der Waals surface area contributed by atoms with Gasteiger partial charge in [-0.2, -0.15) is 0 Å². The van der Waals surface area contributed by atoms with Crippen molar-refractivity contribution in [3.05, 3.63) is 34.2 Å². The van der Waals surface area contributed by atoms with Gasteiger partial charge in [-0.25, -0.2) is 14.2 Å². The Morgan fingerprint density at radius 1 is 1.25 bits per heavy atom. The highest BCUT2D eigenvalue weighted by Crippen LogP contribution is 2.39. The Morgan fingerprint density at radius 2 is 1.96 bits per heavy atom. The lowest BCUT2D eigenvalue weighted by molar-refractivity contribution is 0.0632. The standard InChI is InChI=1S/C21H29N3O4/c1-12(2)15-6-4-13(3)10-16(15)19(25)24-17-7-5-14(20(26)27)11-18(17)23(9-8-22)21(24)28/h5,7,11-13,15-16H,4,6,8-10,22H2,1-3H3,(H,26,27)/t13-,15+,16?/m1/s1. The first-order valence-electron chi connectivity index (χ1n) is 9.99. The van der Waals surface area contributed by atoms with E-state index in [1.165, 1.54) is 21.3 Å². The minimum atomic E-state index is -1.08. The number of benzene rings is 1. The maximum Gasteiger partial charge on any atom is 0.336 e. The molecule has 7 heteroatoms. The zero-order valence-electron chi connectivity index (χ0n) is 16.7. The zero-order chi connectivity index (χ0) is 20.6. The highest BCUT2D eigenvalue weighted by Gasteiger charge is 2.37. The normalized spacial score (nSPS) is 22.7. The first-order chi connectivity index (χ1) is 13.3. The van der Waals surface area contributed by atoms with Gasteiger partial charge in [0.15, 0.2) is 0 Å². The molecule has 0 saturated heterocycles. The van der Waals surface area contributed by atoms with Gasteiger partial charge < -0.3 is 10.8 Å². The molecule has 3 rings (SSSR count). The van der Waals surface area contributed by atoms with Crippen LogP contribution < -0.4 is 11.4 Å². The molecule has 2 aromatic rings. The van der Waals surface area contributed by atoms with Crippen molar-refractivity contribution in [2.45, 2.75) is 46.6 Å². The SMILES string of the molecule is CC(C)[C@@H]1CC[C@@H](C)CC1C(=O)n1c(=O)n(CCN)c2cc(C(=O)O)ccc21. The average Bonchev–Trinajstić information content (AvgIpc) is 2.92. The van der Waals surface area contributed by atoms with Crippen LogP contribution in [0.3, 0.4) is 0 Å². The number of nitrogens with two attached hydrogens (primary N) is 1. The van der Waals surface area contributed by atoms with E-state index < -0.39 is 11.7 Å². The van der Waals surface area contributed by atoms with Crippen LogP contribution in [0.5, 0.6) is 0 Å². The summed E-state index contributed by atoms with van der Waals surface area (Å²) in [6.45, 7) is 6.85. The second-order valence-corrected chi connectivity index (χ2v) is 8.34. The summed E-state index contributed by atoms with van der Waals surface area (Å²) in [5, 5.41) is 9.29. The van der Waals surface area contributed by atoms with E-state index in [-0.39, 0.29) is 36.4 Å². The molecule has 1 aromatic heterocycles. The quantitative estimate of drug-likeness (QED) is 0.820. The fourth-order valence-corrected chi connectivity index (χ4v) is 4.60. The van der Waals surface area contributed by atoms with E-state index in [2.05, 4.69) is 20.8 Å². The summed E-state index contributed by atoms with van der Waals surface area (Å²) >= 11 is 0. The van der Waals surface area contributed by atoms with Gasteiger partial charge in [0.1, 0.15) is 0 Å². The summed E-state index contributed by atoms with van der Waals surface area (Å²) in [4.78, 5) is 38.0. The molecule has 1 aromatic carbocycles.